The number of hydrogen-bond donors (Lipinski definition) is 1. The first-order chi connectivity index (χ1) is 13.4. The van der Waals surface area contributed by atoms with Gasteiger partial charge in [-0.1, -0.05) is 36.4 Å². The van der Waals surface area contributed by atoms with Crippen LogP contribution in [0.5, 0.6) is 0 Å². The van der Waals surface area contributed by atoms with E-state index in [-0.39, 0.29) is 12.1 Å². The number of piperazine rings is 1. The van der Waals surface area contributed by atoms with Gasteiger partial charge in [-0.05, 0) is 56.0 Å². The average Bonchev–Trinajstić information content (AvgIpc) is 2.67. The van der Waals surface area contributed by atoms with E-state index in [1.165, 1.54) is 0 Å². The third kappa shape index (κ3) is 5.11. The summed E-state index contributed by atoms with van der Waals surface area (Å²) in [5.74, 6) is 0. The molecule has 0 radical (unpaired) electrons. The smallest absolute Gasteiger partial charge is 0.410 e. The molecule has 0 bridgehead atoms. The Morgan fingerprint density at radius 3 is 2.64 bits per heavy atom. The van der Waals surface area contributed by atoms with Crippen molar-refractivity contribution >= 4 is 6.09 Å². The number of ether oxygens (including phenoxy) is 1. The number of carbonyl (C=O) groups excluding carboxylic acids is 1. The molecule has 1 saturated heterocycles. The molecule has 5 heteroatoms. The van der Waals surface area contributed by atoms with Gasteiger partial charge in [0.1, 0.15) is 5.60 Å². The first kappa shape index (κ1) is 19.9. The molecule has 0 saturated carbocycles. The third-order valence-electron chi connectivity index (χ3n) is 4.70. The average molecular weight is 377 g/mol. The molecule has 1 aliphatic heterocycles. The molecule has 1 amide bonds. The molecule has 1 N–H and O–H groups in total. The fourth-order valence-electron chi connectivity index (χ4n) is 3.42. The van der Waals surface area contributed by atoms with Gasteiger partial charge in [0, 0.05) is 19.6 Å². The Morgan fingerprint density at radius 2 is 1.93 bits per heavy atom. The molecular formula is C23H27N3O2. The molecule has 28 heavy (non-hydrogen) atoms. The lowest BCUT2D eigenvalue weighted by Crippen LogP contribution is -2.55. The van der Waals surface area contributed by atoms with Crippen molar-refractivity contribution in [3.8, 4) is 17.2 Å². The van der Waals surface area contributed by atoms with Crippen LogP contribution in [0.3, 0.4) is 0 Å². The zero-order valence-electron chi connectivity index (χ0n) is 16.7. The maximum absolute atomic E-state index is 12.6. The minimum Gasteiger partial charge on any atom is -0.444 e. The molecule has 0 spiro atoms. The van der Waals surface area contributed by atoms with Gasteiger partial charge in [-0.15, -0.1) is 0 Å². The van der Waals surface area contributed by atoms with Crippen molar-refractivity contribution in [1.29, 1.82) is 5.26 Å². The maximum atomic E-state index is 12.6. The summed E-state index contributed by atoms with van der Waals surface area (Å²) >= 11 is 0. The molecule has 1 heterocycles. The zero-order valence-corrected chi connectivity index (χ0v) is 16.7. The monoisotopic (exact) mass is 377 g/mol. The first-order valence-electron chi connectivity index (χ1n) is 9.65. The van der Waals surface area contributed by atoms with Crippen LogP contribution < -0.4 is 5.32 Å². The Kier molecular flexibility index (Phi) is 6.01. The van der Waals surface area contributed by atoms with Gasteiger partial charge >= 0.3 is 6.09 Å². The molecular weight excluding hydrogens is 350 g/mol. The summed E-state index contributed by atoms with van der Waals surface area (Å²) in [6.45, 7) is 7.83. The van der Waals surface area contributed by atoms with Gasteiger partial charge in [-0.3, -0.25) is 0 Å². The lowest BCUT2D eigenvalue weighted by Gasteiger charge is -2.37. The molecule has 146 valence electrons. The van der Waals surface area contributed by atoms with E-state index in [9.17, 15) is 4.79 Å². The maximum Gasteiger partial charge on any atom is 0.410 e. The number of amides is 1. The van der Waals surface area contributed by atoms with E-state index in [4.69, 9.17) is 10.00 Å². The number of benzene rings is 2. The van der Waals surface area contributed by atoms with Crippen molar-refractivity contribution in [3.63, 3.8) is 0 Å². The number of nitriles is 1. The molecule has 0 aromatic heterocycles. The van der Waals surface area contributed by atoms with Gasteiger partial charge in [0.2, 0.25) is 0 Å². The van der Waals surface area contributed by atoms with Gasteiger partial charge in [0.15, 0.2) is 0 Å². The highest BCUT2D eigenvalue weighted by Gasteiger charge is 2.30. The second kappa shape index (κ2) is 8.45. The lowest BCUT2D eigenvalue weighted by atomic mass is 9.97. The van der Waals surface area contributed by atoms with Gasteiger partial charge in [-0.25, -0.2) is 4.79 Å². The fourth-order valence-corrected chi connectivity index (χ4v) is 3.42. The van der Waals surface area contributed by atoms with E-state index in [1.807, 2.05) is 56.0 Å². The molecule has 3 rings (SSSR count). The van der Waals surface area contributed by atoms with Crippen molar-refractivity contribution in [2.75, 3.05) is 19.6 Å². The lowest BCUT2D eigenvalue weighted by molar-refractivity contribution is 0.0122. The van der Waals surface area contributed by atoms with E-state index < -0.39 is 5.60 Å². The second-order valence-corrected chi connectivity index (χ2v) is 8.13. The number of nitrogens with one attached hydrogen (secondary N) is 1. The van der Waals surface area contributed by atoms with Crippen LogP contribution in [0.1, 0.15) is 31.9 Å². The molecule has 0 aliphatic carbocycles. The minimum atomic E-state index is -0.502. The topological polar surface area (TPSA) is 65.4 Å². The van der Waals surface area contributed by atoms with Crippen LogP contribution in [-0.4, -0.2) is 42.3 Å². The largest absolute Gasteiger partial charge is 0.444 e. The summed E-state index contributed by atoms with van der Waals surface area (Å²) < 4.78 is 5.59. The van der Waals surface area contributed by atoms with Crippen molar-refractivity contribution < 1.29 is 9.53 Å². The van der Waals surface area contributed by atoms with E-state index >= 15 is 0 Å². The van der Waals surface area contributed by atoms with Gasteiger partial charge < -0.3 is 15.0 Å². The van der Waals surface area contributed by atoms with Gasteiger partial charge in [-0.2, -0.15) is 5.26 Å². The molecule has 2 aromatic rings. The van der Waals surface area contributed by atoms with Crippen LogP contribution in [0.2, 0.25) is 0 Å². The van der Waals surface area contributed by atoms with Crippen molar-refractivity contribution in [2.45, 2.75) is 38.8 Å². The predicted molar refractivity (Wildman–Crippen MR) is 110 cm³/mol. The van der Waals surface area contributed by atoms with E-state index in [2.05, 4.69) is 23.5 Å². The number of rotatable bonds is 3. The molecule has 1 fully saturated rings. The SMILES string of the molecule is CC(C)(C)OC(=O)N1CCNCC1Cc1cccc(-c2cccc(C#N)c2)c1. The van der Waals surface area contributed by atoms with Crippen molar-refractivity contribution in [2.24, 2.45) is 0 Å². The van der Waals surface area contributed by atoms with E-state index in [0.29, 0.717) is 12.1 Å². The van der Waals surface area contributed by atoms with Gasteiger partial charge in [0.05, 0.1) is 17.7 Å². The van der Waals surface area contributed by atoms with Crippen LogP contribution in [0, 0.1) is 11.3 Å². The summed E-state index contributed by atoms with van der Waals surface area (Å²) in [4.78, 5) is 14.5. The molecule has 1 unspecified atom stereocenters. The summed E-state index contributed by atoms with van der Waals surface area (Å²) in [6, 6.07) is 18.1. The molecule has 1 aliphatic rings. The zero-order chi connectivity index (χ0) is 20.1. The summed E-state index contributed by atoms with van der Waals surface area (Å²) in [6.07, 6.45) is 0.495. The van der Waals surface area contributed by atoms with Crippen LogP contribution in [0.25, 0.3) is 11.1 Å². The van der Waals surface area contributed by atoms with Crippen LogP contribution in [0.4, 0.5) is 4.79 Å². The summed E-state index contributed by atoms with van der Waals surface area (Å²) in [5, 5.41) is 12.5. The van der Waals surface area contributed by atoms with E-state index in [0.717, 1.165) is 36.2 Å². The predicted octanol–water partition coefficient (Wildman–Crippen LogP) is 3.98. The molecule has 1 atom stereocenters. The van der Waals surface area contributed by atoms with Crippen LogP contribution >= 0.6 is 0 Å². The highest BCUT2D eigenvalue weighted by molar-refractivity contribution is 5.69. The Balaban J connectivity index is 1.78. The number of hydrogen-bond acceptors (Lipinski definition) is 4. The standard InChI is InChI=1S/C23H27N3O2/c1-23(2,3)28-22(27)26-11-10-25-16-21(26)14-17-6-4-8-19(12-17)20-9-5-7-18(13-20)15-24/h4-9,12-13,21,25H,10-11,14,16H2,1-3H3. The van der Waals surface area contributed by atoms with Crippen molar-refractivity contribution in [3.05, 3.63) is 59.7 Å². The highest BCUT2D eigenvalue weighted by Crippen LogP contribution is 2.23. The normalized spacial score (nSPS) is 17.1. The second-order valence-electron chi connectivity index (χ2n) is 8.13. The first-order valence-corrected chi connectivity index (χ1v) is 9.65. The number of nitrogens with zero attached hydrogens (tertiary/aromatic N) is 2. The molecule has 5 nitrogen and oxygen atoms in total. The van der Waals surface area contributed by atoms with Crippen LogP contribution in [0.15, 0.2) is 48.5 Å². The Bertz CT molecular complexity index is 880. The van der Waals surface area contributed by atoms with Gasteiger partial charge in [0.25, 0.3) is 0 Å². The highest BCUT2D eigenvalue weighted by atomic mass is 16.6. The molecule has 2 aromatic carbocycles. The van der Waals surface area contributed by atoms with E-state index in [1.54, 1.807) is 6.07 Å². The third-order valence-corrected chi connectivity index (χ3v) is 4.70. The fraction of sp³-hybridized carbons (Fsp3) is 0.391. The minimum absolute atomic E-state index is 0.0456. The summed E-state index contributed by atoms with van der Waals surface area (Å²) in [7, 11) is 0. The summed E-state index contributed by atoms with van der Waals surface area (Å²) in [5.41, 5.74) is 3.39. The Labute approximate surface area is 166 Å². The Morgan fingerprint density at radius 1 is 1.21 bits per heavy atom. The van der Waals surface area contributed by atoms with Crippen molar-refractivity contribution in [1.82, 2.24) is 10.2 Å². The quantitative estimate of drug-likeness (QED) is 0.879. The number of carbonyl (C=O) groups is 1. The Hall–Kier alpha value is -2.84. The van der Waals surface area contributed by atoms with Crippen LogP contribution in [-0.2, 0) is 11.2 Å².